The third-order valence-electron chi connectivity index (χ3n) is 6.53. The molecule has 9 nitrogen and oxygen atoms in total. The Kier molecular flexibility index (Phi) is 7.75. The molecule has 38 heavy (non-hydrogen) atoms. The molecule has 2 aromatic heterocycles. The van der Waals surface area contributed by atoms with Crippen LogP contribution in [0, 0.1) is 0 Å². The van der Waals surface area contributed by atoms with Gasteiger partial charge in [0.05, 0.1) is 24.7 Å². The van der Waals surface area contributed by atoms with Gasteiger partial charge in [-0.05, 0) is 55.3 Å². The number of halogens is 1. The van der Waals surface area contributed by atoms with Crippen LogP contribution in [0.3, 0.4) is 0 Å². The number of para-hydroxylation sites is 1. The Bertz CT molecular complexity index is 1490. The lowest BCUT2D eigenvalue weighted by molar-refractivity contribution is 0.484. The van der Waals surface area contributed by atoms with Crippen LogP contribution in [-0.4, -0.2) is 61.1 Å². The number of fused-ring (bicyclic) bond motifs is 1. The molecule has 3 heterocycles. The number of piperazine rings is 1. The van der Waals surface area contributed by atoms with Gasteiger partial charge in [-0.3, -0.25) is 9.11 Å². The molecule has 1 aliphatic heterocycles. The number of anilines is 4. The molecule has 1 saturated heterocycles. The minimum Gasteiger partial charge on any atom is -0.369 e. The summed E-state index contributed by atoms with van der Waals surface area (Å²) in [5.74, 6) is 0.211. The van der Waals surface area contributed by atoms with Crippen molar-refractivity contribution in [3.05, 3.63) is 72.6 Å². The molecule has 0 saturated carbocycles. The molecule has 1 fully saturated rings. The van der Waals surface area contributed by atoms with E-state index in [1.807, 2.05) is 41.1 Å². The Hall–Kier alpha value is -3.70. The SMILES string of the molecule is C[C@H]1CN(c2ccc(Nc3ncc4ccn(Cc5ccccc5NS(=O)(=O)CCCF)c4n3)cc2)CCN1. The monoisotopic (exact) mass is 537 g/mol. The maximum Gasteiger partial charge on any atom is 0.232 e. The standard InChI is InChI=1S/C27H32FN7O2S/c1-20-18-34(15-13-29-20)24-9-7-23(8-10-24)31-27-30-17-21-11-14-35(26(21)32-27)19-22-5-2-3-6-25(22)33-38(36,37)16-4-12-28/h2-3,5-11,14,17,20,29,33H,4,12-13,15-16,18-19H2,1H3,(H,30,31,32)/t20-/m0/s1. The van der Waals surface area contributed by atoms with E-state index in [1.165, 1.54) is 5.69 Å². The Morgan fingerprint density at radius 2 is 1.95 bits per heavy atom. The van der Waals surface area contributed by atoms with E-state index in [0.717, 1.165) is 41.9 Å². The van der Waals surface area contributed by atoms with E-state index < -0.39 is 16.7 Å². The largest absolute Gasteiger partial charge is 0.369 e. The molecular weight excluding hydrogens is 505 g/mol. The highest BCUT2D eigenvalue weighted by Gasteiger charge is 2.16. The fraction of sp³-hybridized carbons (Fsp3) is 0.333. The number of hydrogen-bond donors (Lipinski definition) is 3. The number of nitrogens with zero attached hydrogens (tertiary/aromatic N) is 4. The molecule has 200 valence electrons. The quantitative estimate of drug-likeness (QED) is 0.280. The summed E-state index contributed by atoms with van der Waals surface area (Å²) in [6.07, 6.45) is 3.63. The van der Waals surface area contributed by atoms with Gasteiger partial charge in [0.25, 0.3) is 0 Å². The van der Waals surface area contributed by atoms with Gasteiger partial charge in [0.1, 0.15) is 5.65 Å². The highest BCUT2D eigenvalue weighted by atomic mass is 32.2. The number of nitrogens with one attached hydrogen (secondary N) is 3. The highest BCUT2D eigenvalue weighted by molar-refractivity contribution is 7.92. The predicted molar refractivity (Wildman–Crippen MR) is 150 cm³/mol. The third kappa shape index (κ3) is 6.22. The van der Waals surface area contributed by atoms with E-state index in [9.17, 15) is 12.8 Å². The van der Waals surface area contributed by atoms with Crippen LogP contribution in [0.4, 0.5) is 27.4 Å². The lowest BCUT2D eigenvalue weighted by Crippen LogP contribution is -2.49. The number of alkyl halides is 1. The van der Waals surface area contributed by atoms with E-state index in [0.29, 0.717) is 24.2 Å². The first-order chi connectivity index (χ1) is 18.4. The zero-order valence-corrected chi connectivity index (χ0v) is 22.1. The van der Waals surface area contributed by atoms with Crippen LogP contribution in [0.25, 0.3) is 11.0 Å². The van der Waals surface area contributed by atoms with Crippen molar-refractivity contribution in [2.45, 2.75) is 25.9 Å². The van der Waals surface area contributed by atoms with Crippen LogP contribution in [0.2, 0.25) is 0 Å². The number of sulfonamides is 1. The molecule has 3 N–H and O–H groups in total. The van der Waals surface area contributed by atoms with Crippen LogP contribution in [-0.2, 0) is 16.6 Å². The molecule has 2 aromatic carbocycles. The molecular formula is C27H32FN7O2S. The van der Waals surface area contributed by atoms with E-state index in [2.05, 4.69) is 44.3 Å². The van der Waals surface area contributed by atoms with Gasteiger partial charge in [0, 0.05) is 54.8 Å². The molecule has 0 unspecified atom stereocenters. The van der Waals surface area contributed by atoms with Gasteiger partial charge in [-0.2, -0.15) is 4.98 Å². The zero-order chi connectivity index (χ0) is 26.5. The molecule has 0 radical (unpaired) electrons. The van der Waals surface area contributed by atoms with Crippen molar-refractivity contribution in [3.8, 4) is 0 Å². The molecule has 11 heteroatoms. The van der Waals surface area contributed by atoms with Crippen molar-refractivity contribution in [2.75, 3.05) is 47.0 Å². The molecule has 1 aliphatic rings. The van der Waals surface area contributed by atoms with Crippen molar-refractivity contribution in [1.82, 2.24) is 19.9 Å². The van der Waals surface area contributed by atoms with Gasteiger partial charge in [0.15, 0.2) is 0 Å². The summed E-state index contributed by atoms with van der Waals surface area (Å²) < 4.78 is 41.8. The van der Waals surface area contributed by atoms with Gasteiger partial charge in [0.2, 0.25) is 16.0 Å². The minimum atomic E-state index is -3.64. The number of benzene rings is 2. The van der Waals surface area contributed by atoms with Crippen LogP contribution in [0.5, 0.6) is 0 Å². The first-order valence-electron chi connectivity index (χ1n) is 12.7. The van der Waals surface area contributed by atoms with Gasteiger partial charge < -0.3 is 20.1 Å². The Morgan fingerprint density at radius 1 is 1.13 bits per heavy atom. The fourth-order valence-electron chi connectivity index (χ4n) is 4.61. The number of rotatable bonds is 10. The summed E-state index contributed by atoms with van der Waals surface area (Å²) in [6.45, 7) is 4.86. The fourth-order valence-corrected chi connectivity index (χ4v) is 5.74. The third-order valence-corrected chi connectivity index (χ3v) is 7.89. The summed E-state index contributed by atoms with van der Waals surface area (Å²) in [6, 6.07) is 17.8. The van der Waals surface area contributed by atoms with E-state index in [1.54, 1.807) is 18.3 Å². The van der Waals surface area contributed by atoms with Crippen LogP contribution >= 0.6 is 0 Å². The molecule has 0 amide bonds. The molecule has 0 aliphatic carbocycles. The maximum atomic E-state index is 12.5. The van der Waals surface area contributed by atoms with Crippen molar-refractivity contribution >= 4 is 44.1 Å². The Balaban J connectivity index is 1.32. The maximum absolute atomic E-state index is 12.5. The molecule has 0 spiro atoms. The lowest BCUT2D eigenvalue weighted by atomic mass is 10.2. The van der Waals surface area contributed by atoms with Crippen LogP contribution < -0.4 is 20.3 Å². The predicted octanol–water partition coefficient (Wildman–Crippen LogP) is 4.12. The molecule has 5 rings (SSSR count). The van der Waals surface area contributed by atoms with Crippen molar-refractivity contribution in [1.29, 1.82) is 0 Å². The molecule has 0 bridgehead atoms. The van der Waals surface area contributed by atoms with E-state index in [4.69, 9.17) is 4.98 Å². The Morgan fingerprint density at radius 3 is 2.74 bits per heavy atom. The Labute approximate surface area is 222 Å². The smallest absolute Gasteiger partial charge is 0.232 e. The summed E-state index contributed by atoms with van der Waals surface area (Å²) >= 11 is 0. The van der Waals surface area contributed by atoms with Crippen LogP contribution in [0.15, 0.2) is 67.0 Å². The second kappa shape index (κ2) is 11.4. The van der Waals surface area contributed by atoms with Crippen LogP contribution in [0.1, 0.15) is 18.9 Å². The normalized spacial score (nSPS) is 16.1. The topological polar surface area (TPSA) is 104 Å². The average Bonchev–Trinajstić information content (AvgIpc) is 3.31. The molecule has 1 atom stereocenters. The number of aromatic nitrogens is 3. The van der Waals surface area contributed by atoms with Crippen molar-refractivity contribution in [2.24, 2.45) is 0 Å². The molecule has 4 aromatic rings. The van der Waals surface area contributed by atoms with Crippen molar-refractivity contribution in [3.63, 3.8) is 0 Å². The van der Waals surface area contributed by atoms with Gasteiger partial charge in [-0.15, -0.1) is 0 Å². The van der Waals surface area contributed by atoms with Gasteiger partial charge >= 0.3 is 0 Å². The second-order valence-corrected chi connectivity index (χ2v) is 11.4. The average molecular weight is 538 g/mol. The first-order valence-corrected chi connectivity index (χ1v) is 14.4. The number of hydrogen-bond acceptors (Lipinski definition) is 7. The van der Waals surface area contributed by atoms with Crippen molar-refractivity contribution < 1.29 is 12.8 Å². The second-order valence-electron chi connectivity index (χ2n) is 9.51. The summed E-state index contributed by atoms with van der Waals surface area (Å²) in [5.41, 5.74) is 4.05. The van der Waals surface area contributed by atoms with E-state index in [-0.39, 0.29) is 12.2 Å². The first kappa shape index (κ1) is 25.9. The summed E-state index contributed by atoms with van der Waals surface area (Å²) in [7, 11) is -3.64. The van der Waals surface area contributed by atoms with E-state index >= 15 is 0 Å². The zero-order valence-electron chi connectivity index (χ0n) is 21.3. The highest BCUT2D eigenvalue weighted by Crippen LogP contribution is 2.24. The minimum absolute atomic E-state index is 0.0376. The summed E-state index contributed by atoms with van der Waals surface area (Å²) in [5, 5.41) is 7.63. The van der Waals surface area contributed by atoms with Gasteiger partial charge in [-0.1, -0.05) is 18.2 Å². The lowest BCUT2D eigenvalue weighted by Gasteiger charge is -2.33. The summed E-state index contributed by atoms with van der Waals surface area (Å²) in [4.78, 5) is 11.6. The van der Waals surface area contributed by atoms with Gasteiger partial charge in [-0.25, -0.2) is 13.4 Å².